The lowest BCUT2D eigenvalue weighted by Crippen LogP contribution is -2.46. The number of nitrogens with zero attached hydrogens (tertiary/aromatic N) is 2. The summed E-state index contributed by atoms with van der Waals surface area (Å²) in [6.45, 7) is 5.61. The molecule has 0 radical (unpaired) electrons. The maximum atomic E-state index is 12.7. The van der Waals surface area contributed by atoms with Gasteiger partial charge in [0, 0.05) is 26.7 Å². The Labute approximate surface area is 114 Å². The molecule has 2 aliphatic rings. The second kappa shape index (κ2) is 4.85. The normalized spacial score (nSPS) is 26.4. The number of nitrogens with one attached hydrogen (secondary N) is 1. The monoisotopic (exact) mass is 259 g/mol. The number of hydrogen-bond acceptors (Lipinski definition) is 3. The highest BCUT2D eigenvalue weighted by Gasteiger charge is 2.35. The predicted octanol–water partition coefficient (Wildman–Crippen LogP) is 1.32. The minimum Gasteiger partial charge on any atom is -0.371 e. The zero-order chi connectivity index (χ0) is 13.4. The Bertz CT molecular complexity index is 488. The molecule has 19 heavy (non-hydrogen) atoms. The first kappa shape index (κ1) is 12.5. The fourth-order valence-corrected chi connectivity index (χ4v) is 3.08. The average Bonchev–Trinajstić information content (AvgIpc) is 2.85. The Kier molecular flexibility index (Phi) is 3.19. The van der Waals surface area contributed by atoms with Crippen molar-refractivity contribution in [1.29, 1.82) is 0 Å². The van der Waals surface area contributed by atoms with Crippen LogP contribution in [0.4, 0.5) is 11.4 Å². The van der Waals surface area contributed by atoms with Gasteiger partial charge in [0.2, 0.25) is 5.91 Å². The summed E-state index contributed by atoms with van der Waals surface area (Å²) in [5.41, 5.74) is 2.21. The molecule has 0 bridgehead atoms. The minimum atomic E-state index is 0.122. The van der Waals surface area contributed by atoms with Gasteiger partial charge in [-0.05, 0) is 24.6 Å². The van der Waals surface area contributed by atoms with Gasteiger partial charge in [0.15, 0.2) is 0 Å². The molecule has 0 saturated carbocycles. The zero-order valence-corrected chi connectivity index (χ0v) is 11.6. The molecule has 0 aromatic heterocycles. The Morgan fingerprint density at radius 3 is 2.63 bits per heavy atom. The quantitative estimate of drug-likeness (QED) is 0.826. The minimum absolute atomic E-state index is 0.122. The van der Waals surface area contributed by atoms with E-state index < -0.39 is 0 Å². The first-order chi connectivity index (χ1) is 9.18. The van der Waals surface area contributed by atoms with Gasteiger partial charge in [0.25, 0.3) is 0 Å². The van der Waals surface area contributed by atoms with Crippen molar-refractivity contribution >= 4 is 17.3 Å². The molecule has 1 aromatic carbocycles. The molecule has 3 rings (SSSR count). The van der Waals surface area contributed by atoms with Crippen LogP contribution in [0.2, 0.25) is 0 Å². The Morgan fingerprint density at radius 2 is 1.95 bits per heavy atom. The molecule has 1 fully saturated rings. The second-order valence-electron chi connectivity index (χ2n) is 5.64. The van der Waals surface area contributed by atoms with Crippen molar-refractivity contribution in [1.82, 2.24) is 5.32 Å². The van der Waals surface area contributed by atoms with E-state index in [1.807, 2.05) is 17.0 Å². The molecule has 0 spiro atoms. The standard InChI is InChI=1S/C15H21N3O/c1-11-9-16-10-12(11)15(19)18-8-7-17(2)13-5-3-4-6-14(13)18/h3-6,11-12,16H,7-10H2,1-2H3/t11-,12-/m1/s1. The van der Waals surface area contributed by atoms with Crippen LogP contribution >= 0.6 is 0 Å². The van der Waals surface area contributed by atoms with Gasteiger partial charge in [-0.3, -0.25) is 4.79 Å². The fraction of sp³-hybridized carbons (Fsp3) is 0.533. The van der Waals surface area contributed by atoms with E-state index >= 15 is 0 Å². The van der Waals surface area contributed by atoms with Crippen LogP contribution in [0.1, 0.15) is 6.92 Å². The third-order valence-corrected chi connectivity index (χ3v) is 4.34. The number of rotatable bonds is 1. The topological polar surface area (TPSA) is 35.6 Å². The molecule has 4 nitrogen and oxygen atoms in total. The van der Waals surface area contributed by atoms with Gasteiger partial charge in [-0.2, -0.15) is 0 Å². The summed E-state index contributed by atoms with van der Waals surface area (Å²) in [7, 11) is 2.08. The van der Waals surface area contributed by atoms with E-state index in [2.05, 4.69) is 36.3 Å². The lowest BCUT2D eigenvalue weighted by atomic mass is 9.96. The van der Waals surface area contributed by atoms with Gasteiger partial charge in [0.05, 0.1) is 17.3 Å². The summed E-state index contributed by atoms with van der Waals surface area (Å²) in [5.74, 6) is 0.828. The first-order valence-electron chi connectivity index (χ1n) is 7.00. The maximum Gasteiger partial charge on any atom is 0.231 e. The van der Waals surface area contributed by atoms with Crippen LogP contribution in [-0.2, 0) is 4.79 Å². The van der Waals surface area contributed by atoms with Gasteiger partial charge in [-0.1, -0.05) is 19.1 Å². The van der Waals surface area contributed by atoms with Crippen LogP contribution in [0.25, 0.3) is 0 Å². The number of carbonyl (C=O) groups excluding carboxylic acids is 1. The van der Waals surface area contributed by atoms with Gasteiger partial charge in [0.1, 0.15) is 0 Å². The van der Waals surface area contributed by atoms with Gasteiger partial charge >= 0.3 is 0 Å². The fourth-order valence-electron chi connectivity index (χ4n) is 3.08. The number of anilines is 2. The Morgan fingerprint density at radius 1 is 1.21 bits per heavy atom. The molecule has 1 N–H and O–H groups in total. The Hall–Kier alpha value is -1.55. The molecule has 1 saturated heterocycles. The van der Waals surface area contributed by atoms with Crippen LogP contribution in [0, 0.1) is 11.8 Å². The SMILES string of the molecule is C[C@@H]1CNC[C@H]1C(=O)N1CCN(C)c2ccccc21. The Balaban J connectivity index is 1.90. The van der Waals surface area contributed by atoms with Crippen molar-refractivity contribution in [2.45, 2.75) is 6.92 Å². The number of likely N-dealkylation sites (N-methyl/N-ethyl adjacent to an activating group) is 1. The molecule has 1 aromatic rings. The summed E-state index contributed by atoms with van der Waals surface area (Å²) in [4.78, 5) is 16.9. The summed E-state index contributed by atoms with van der Waals surface area (Å²) in [5, 5.41) is 3.32. The molecule has 2 aliphatic heterocycles. The van der Waals surface area contributed by atoms with E-state index in [-0.39, 0.29) is 11.8 Å². The summed E-state index contributed by atoms with van der Waals surface area (Å²) in [6.07, 6.45) is 0. The van der Waals surface area contributed by atoms with Crippen molar-refractivity contribution in [2.75, 3.05) is 43.0 Å². The highest BCUT2D eigenvalue weighted by molar-refractivity contribution is 5.99. The lowest BCUT2D eigenvalue weighted by molar-refractivity contribution is -0.122. The van der Waals surface area contributed by atoms with Crippen molar-refractivity contribution in [3.05, 3.63) is 24.3 Å². The van der Waals surface area contributed by atoms with E-state index in [9.17, 15) is 4.79 Å². The number of para-hydroxylation sites is 2. The number of fused-ring (bicyclic) bond motifs is 1. The molecule has 0 unspecified atom stereocenters. The zero-order valence-electron chi connectivity index (χ0n) is 11.6. The summed E-state index contributed by atoms with van der Waals surface area (Å²) < 4.78 is 0. The van der Waals surface area contributed by atoms with Gasteiger partial charge < -0.3 is 15.1 Å². The van der Waals surface area contributed by atoms with Gasteiger partial charge in [-0.15, -0.1) is 0 Å². The molecule has 2 heterocycles. The van der Waals surface area contributed by atoms with Crippen LogP contribution < -0.4 is 15.1 Å². The molecule has 0 aliphatic carbocycles. The van der Waals surface area contributed by atoms with E-state index in [0.717, 1.165) is 37.6 Å². The third kappa shape index (κ3) is 2.10. The van der Waals surface area contributed by atoms with E-state index in [1.165, 1.54) is 0 Å². The maximum absolute atomic E-state index is 12.7. The van der Waals surface area contributed by atoms with Crippen LogP contribution in [0.15, 0.2) is 24.3 Å². The van der Waals surface area contributed by atoms with E-state index in [1.54, 1.807) is 0 Å². The van der Waals surface area contributed by atoms with Gasteiger partial charge in [-0.25, -0.2) is 0 Å². The number of amides is 1. The smallest absolute Gasteiger partial charge is 0.231 e. The van der Waals surface area contributed by atoms with Crippen molar-refractivity contribution in [3.8, 4) is 0 Å². The van der Waals surface area contributed by atoms with Crippen molar-refractivity contribution in [3.63, 3.8) is 0 Å². The highest BCUT2D eigenvalue weighted by atomic mass is 16.2. The summed E-state index contributed by atoms with van der Waals surface area (Å²) in [6, 6.07) is 8.18. The largest absolute Gasteiger partial charge is 0.371 e. The summed E-state index contributed by atoms with van der Waals surface area (Å²) >= 11 is 0. The molecule has 102 valence electrons. The molecule has 1 amide bonds. The molecular weight excluding hydrogens is 238 g/mol. The molecule has 4 heteroatoms. The second-order valence-corrected chi connectivity index (χ2v) is 5.64. The predicted molar refractivity (Wildman–Crippen MR) is 77.6 cm³/mol. The average molecular weight is 259 g/mol. The van der Waals surface area contributed by atoms with Crippen molar-refractivity contribution in [2.24, 2.45) is 11.8 Å². The lowest BCUT2D eigenvalue weighted by Gasteiger charge is -2.37. The molecule has 2 atom stereocenters. The third-order valence-electron chi connectivity index (χ3n) is 4.34. The van der Waals surface area contributed by atoms with Crippen LogP contribution in [0.3, 0.4) is 0 Å². The molecular formula is C15H21N3O. The number of hydrogen-bond donors (Lipinski definition) is 1. The van der Waals surface area contributed by atoms with Crippen molar-refractivity contribution < 1.29 is 4.79 Å². The van der Waals surface area contributed by atoms with E-state index in [0.29, 0.717) is 5.92 Å². The number of carbonyl (C=O) groups is 1. The van der Waals surface area contributed by atoms with Crippen LogP contribution in [0.5, 0.6) is 0 Å². The van der Waals surface area contributed by atoms with Crippen LogP contribution in [-0.4, -0.2) is 39.1 Å². The highest BCUT2D eigenvalue weighted by Crippen LogP contribution is 2.33. The number of benzene rings is 1. The first-order valence-corrected chi connectivity index (χ1v) is 7.00. The van der Waals surface area contributed by atoms with E-state index in [4.69, 9.17) is 0 Å².